The van der Waals surface area contributed by atoms with E-state index in [1.54, 1.807) is 0 Å². The van der Waals surface area contributed by atoms with Crippen molar-refractivity contribution in [1.29, 1.82) is 0 Å². The van der Waals surface area contributed by atoms with Crippen LogP contribution in [-0.4, -0.2) is 29.8 Å². The van der Waals surface area contributed by atoms with Crippen molar-refractivity contribution in [2.24, 2.45) is 0 Å². The normalized spacial score (nSPS) is 21.7. The SMILES string of the molecule is Cc1ccc(C(C)C)c(OCC(=O)NC2CCC(O)CC2)c1. The van der Waals surface area contributed by atoms with Crippen LogP contribution in [0, 0.1) is 6.92 Å². The highest BCUT2D eigenvalue weighted by Gasteiger charge is 2.21. The van der Waals surface area contributed by atoms with Crippen molar-refractivity contribution in [2.45, 2.75) is 64.5 Å². The van der Waals surface area contributed by atoms with Gasteiger partial charge in [-0.3, -0.25) is 4.79 Å². The van der Waals surface area contributed by atoms with Crippen LogP contribution in [0.5, 0.6) is 5.75 Å². The maximum Gasteiger partial charge on any atom is 0.258 e. The number of ether oxygens (including phenoxy) is 1. The maximum absolute atomic E-state index is 12.0. The van der Waals surface area contributed by atoms with E-state index < -0.39 is 0 Å². The molecule has 0 saturated heterocycles. The first-order valence-electron chi connectivity index (χ1n) is 8.16. The number of hydrogen-bond donors (Lipinski definition) is 2. The molecule has 1 aromatic rings. The molecule has 1 aromatic carbocycles. The Hall–Kier alpha value is -1.55. The van der Waals surface area contributed by atoms with E-state index in [1.165, 1.54) is 0 Å². The molecule has 1 fully saturated rings. The largest absolute Gasteiger partial charge is 0.483 e. The second-order valence-electron chi connectivity index (χ2n) is 6.56. The van der Waals surface area contributed by atoms with Crippen LogP contribution < -0.4 is 10.1 Å². The molecule has 2 N–H and O–H groups in total. The zero-order chi connectivity index (χ0) is 16.1. The van der Waals surface area contributed by atoms with E-state index in [-0.39, 0.29) is 24.7 Å². The van der Waals surface area contributed by atoms with Gasteiger partial charge in [0.25, 0.3) is 5.91 Å². The summed E-state index contributed by atoms with van der Waals surface area (Å²) in [5.74, 6) is 1.07. The highest BCUT2D eigenvalue weighted by Crippen LogP contribution is 2.27. The summed E-state index contributed by atoms with van der Waals surface area (Å²) in [6, 6.07) is 6.28. The van der Waals surface area contributed by atoms with Crippen molar-refractivity contribution in [3.8, 4) is 5.75 Å². The molecule has 0 unspecified atom stereocenters. The first-order valence-corrected chi connectivity index (χ1v) is 8.16. The summed E-state index contributed by atoms with van der Waals surface area (Å²) in [5, 5.41) is 12.5. The minimum Gasteiger partial charge on any atom is -0.483 e. The fraction of sp³-hybridized carbons (Fsp3) is 0.611. The molecule has 4 heteroatoms. The molecule has 0 aromatic heterocycles. The molecule has 1 aliphatic rings. The number of hydrogen-bond acceptors (Lipinski definition) is 3. The molecular weight excluding hydrogens is 278 g/mol. The Balaban J connectivity index is 1.87. The van der Waals surface area contributed by atoms with Gasteiger partial charge in [-0.1, -0.05) is 26.0 Å². The number of benzene rings is 1. The number of amides is 1. The average molecular weight is 305 g/mol. The van der Waals surface area contributed by atoms with Crippen molar-refractivity contribution < 1.29 is 14.6 Å². The van der Waals surface area contributed by atoms with E-state index in [1.807, 2.05) is 13.0 Å². The lowest BCUT2D eigenvalue weighted by molar-refractivity contribution is -0.124. The maximum atomic E-state index is 12.0. The van der Waals surface area contributed by atoms with E-state index in [4.69, 9.17) is 4.74 Å². The number of aliphatic hydroxyl groups is 1. The van der Waals surface area contributed by atoms with Crippen molar-refractivity contribution in [3.63, 3.8) is 0 Å². The van der Waals surface area contributed by atoms with Gasteiger partial charge in [-0.05, 0) is 55.7 Å². The average Bonchev–Trinajstić information content (AvgIpc) is 2.47. The molecule has 0 bridgehead atoms. The van der Waals surface area contributed by atoms with Crippen LogP contribution in [0.4, 0.5) is 0 Å². The standard InChI is InChI=1S/C18H27NO3/c1-12(2)16-9-4-13(3)10-17(16)22-11-18(21)19-14-5-7-15(20)8-6-14/h4,9-10,12,14-15,20H,5-8,11H2,1-3H3,(H,19,21). The molecule has 22 heavy (non-hydrogen) atoms. The molecule has 1 saturated carbocycles. The number of nitrogens with one attached hydrogen (secondary N) is 1. The Labute approximate surface area is 132 Å². The van der Waals surface area contributed by atoms with Gasteiger partial charge in [0.1, 0.15) is 5.75 Å². The molecule has 1 aliphatic carbocycles. The fourth-order valence-electron chi connectivity index (χ4n) is 2.88. The Morgan fingerprint density at radius 2 is 2.00 bits per heavy atom. The molecule has 0 aliphatic heterocycles. The number of carbonyl (C=O) groups is 1. The summed E-state index contributed by atoms with van der Waals surface area (Å²) in [7, 11) is 0. The van der Waals surface area contributed by atoms with Gasteiger partial charge in [-0.2, -0.15) is 0 Å². The van der Waals surface area contributed by atoms with Crippen LogP contribution in [0.15, 0.2) is 18.2 Å². The monoisotopic (exact) mass is 305 g/mol. The summed E-state index contributed by atoms with van der Waals surface area (Å²) < 4.78 is 5.74. The van der Waals surface area contributed by atoms with Crippen LogP contribution in [0.3, 0.4) is 0 Å². The number of aliphatic hydroxyl groups excluding tert-OH is 1. The van der Waals surface area contributed by atoms with E-state index >= 15 is 0 Å². The molecule has 0 radical (unpaired) electrons. The lowest BCUT2D eigenvalue weighted by Gasteiger charge is -2.26. The summed E-state index contributed by atoms with van der Waals surface area (Å²) >= 11 is 0. The van der Waals surface area contributed by atoms with E-state index in [0.29, 0.717) is 5.92 Å². The first kappa shape index (κ1) is 16.8. The Bertz CT molecular complexity index is 505. The van der Waals surface area contributed by atoms with Gasteiger partial charge in [0.15, 0.2) is 6.61 Å². The second kappa shape index (κ2) is 7.63. The van der Waals surface area contributed by atoms with Crippen LogP contribution in [0.2, 0.25) is 0 Å². The predicted octanol–water partition coefficient (Wildman–Crippen LogP) is 2.92. The zero-order valence-electron chi connectivity index (χ0n) is 13.8. The molecule has 0 spiro atoms. The first-order chi connectivity index (χ1) is 10.5. The number of aryl methyl sites for hydroxylation is 1. The van der Waals surface area contributed by atoms with Crippen molar-refractivity contribution in [3.05, 3.63) is 29.3 Å². The summed E-state index contributed by atoms with van der Waals surface area (Å²) in [5.41, 5.74) is 2.25. The quantitative estimate of drug-likeness (QED) is 0.879. The lowest BCUT2D eigenvalue weighted by Crippen LogP contribution is -2.40. The van der Waals surface area contributed by atoms with Crippen LogP contribution in [0.25, 0.3) is 0 Å². The third-order valence-corrected chi connectivity index (χ3v) is 4.21. The molecule has 0 heterocycles. The molecule has 1 amide bonds. The highest BCUT2D eigenvalue weighted by atomic mass is 16.5. The fourth-order valence-corrected chi connectivity index (χ4v) is 2.88. The minimum atomic E-state index is -0.203. The van der Waals surface area contributed by atoms with Gasteiger partial charge in [-0.25, -0.2) is 0 Å². The van der Waals surface area contributed by atoms with Crippen molar-refractivity contribution in [1.82, 2.24) is 5.32 Å². The minimum absolute atomic E-state index is 0.0439. The van der Waals surface area contributed by atoms with Gasteiger partial charge in [0.05, 0.1) is 6.10 Å². The van der Waals surface area contributed by atoms with Crippen LogP contribution in [0.1, 0.15) is 56.6 Å². The second-order valence-corrected chi connectivity index (χ2v) is 6.56. The summed E-state index contributed by atoms with van der Waals surface area (Å²) in [6.07, 6.45) is 3.01. The molecule has 4 nitrogen and oxygen atoms in total. The van der Waals surface area contributed by atoms with Crippen molar-refractivity contribution >= 4 is 5.91 Å². The lowest BCUT2D eigenvalue weighted by atomic mass is 9.93. The smallest absolute Gasteiger partial charge is 0.258 e. The van der Waals surface area contributed by atoms with E-state index in [2.05, 4.69) is 31.3 Å². The third-order valence-electron chi connectivity index (χ3n) is 4.21. The van der Waals surface area contributed by atoms with Gasteiger partial charge >= 0.3 is 0 Å². The van der Waals surface area contributed by atoms with E-state index in [0.717, 1.165) is 42.6 Å². The van der Waals surface area contributed by atoms with Crippen LogP contribution >= 0.6 is 0 Å². The predicted molar refractivity (Wildman–Crippen MR) is 87.2 cm³/mol. The van der Waals surface area contributed by atoms with Gasteiger partial charge in [0.2, 0.25) is 0 Å². The topological polar surface area (TPSA) is 58.6 Å². The Morgan fingerprint density at radius 3 is 2.64 bits per heavy atom. The highest BCUT2D eigenvalue weighted by molar-refractivity contribution is 5.77. The Kier molecular flexibility index (Phi) is 5.83. The van der Waals surface area contributed by atoms with Gasteiger partial charge in [-0.15, -0.1) is 0 Å². The summed E-state index contributed by atoms with van der Waals surface area (Å²) in [6.45, 7) is 6.29. The van der Waals surface area contributed by atoms with Crippen LogP contribution in [-0.2, 0) is 4.79 Å². The molecular formula is C18H27NO3. The van der Waals surface area contributed by atoms with Gasteiger partial charge in [0, 0.05) is 6.04 Å². The van der Waals surface area contributed by atoms with Gasteiger partial charge < -0.3 is 15.2 Å². The zero-order valence-corrected chi connectivity index (χ0v) is 13.8. The third kappa shape index (κ3) is 4.73. The molecule has 0 atom stereocenters. The Morgan fingerprint density at radius 1 is 1.32 bits per heavy atom. The number of rotatable bonds is 5. The summed E-state index contributed by atoms with van der Waals surface area (Å²) in [4.78, 5) is 12.0. The molecule has 122 valence electrons. The van der Waals surface area contributed by atoms with E-state index in [9.17, 15) is 9.90 Å². The van der Waals surface area contributed by atoms with Crippen molar-refractivity contribution in [2.75, 3.05) is 6.61 Å². The molecule has 2 rings (SSSR count). The number of carbonyl (C=O) groups excluding carboxylic acids is 1.